The van der Waals surface area contributed by atoms with Gasteiger partial charge in [-0.05, 0) is 29.9 Å². The van der Waals surface area contributed by atoms with Crippen molar-refractivity contribution in [2.75, 3.05) is 5.32 Å². The molecule has 4 nitrogen and oxygen atoms in total. The molecular formula is C19H25N3O. The highest BCUT2D eigenvalue weighted by Crippen LogP contribution is 2.29. The van der Waals surface area contributed by atoms with Crippen LogP contribution in [-0.2, 0) is 10.2 Å². The maximum atomic E-state index is 12.2. The van der Waals surface area contributed by atoms with Crippen molar-refractivity contribution in [3.8, 4) is 6.07 Å². The maximum absolute atomic E-state index is 12.2. The first-order chi connectivity index (χ1) is 10.9. The number of anilines is 1. The van der Waals surface area contributed by atoms with Crippen molar-refractivity contribution >= 4 is 11.6 Å². The minimum Gasteiger partial charge on any atom is -0.360 e. The molecule has 0 spiro atoms. The van der Waals surface area contributed by atoms with E-state index in [1.54, 1.807) is 0 Å². The molecule has 1 saturated carbocycles. The number of hydrogen-bond acceptors (Lipinski definition) is 3. The zero-order valence-corrected chi connectivity index (χ0v) is 14.1. The smallest absolute Gasteiger partial charge is 0.263 e. The van der Waals surface area contributed by atoms with E-state index < -0.39 is 0 Å². The van der Waals surface area contributed by atoms with Crippen molar-refractivity contribution in [3.63, 3.8) is 0 Å². The first-order valence-electron chi connectivity index (χ1n) is 8.19. The molecule has 23 heavy (non-hydrogen) atoms. The van der Waals surface area contributed by atoms with Crippen molar-refractivity contribution in [1.29, 1.82) is 5.26 Å². The van der Waals surface area contributed by atoms with Gasteiger partial charge in [-0.3, -0.25) is 4.79 Å². The van der Waals surface area contributed by atoms with Gasteiger partial charge in [-0.1, -0.05) is 51.8 Å². The van der Waals surface area contributed by atoms with E-state index in [0.29, 0.717) is 0 Å². The Bertz CT molecular complexity index is 629. The minimum atomic E-state index is -0.292. The number of rotatable bonds is 4. The van der Waals surface area contributed by atoms with Crippen LogP contribution in [0.15, 0.2) is 36.0 Å². The van der Waals surface area contributed by atoms with Crippen molar-refractivity contribution in [3.05, 3.63) is 41.6 Å². The summed E-state index contributed by atoms with van der Waals surface area (Å²) in [6, 6.07) is 10.1. The molecule has 1 amide bonds. The van der Waals surface area contributed by atoms with E-state index in [2.05, 4.69) is 37.5 Å². The Morgan fingerprint density at radius 2 is 1.91 bits per heavy atom. The molecule has 4 heteroatoms. The summed E-state index contributed by atoms with van der Waals surface area (Å²) < 4.78 is 0. The van der Waals surface area contributed by atoms with Crippen LogP contribution in [-0.4, -0.2) is 11.9 Å². The lowest BCUT2D eigenvalue weighted by molar-refractivity contribution is -0.117. The largest absolute Gasteiger partial charge is 0.360 e. The zero-order chi connectivity index (χ0) is 16.9. The predicted octanol–water partition coefficient (Wildman–Crippen LogP) is 3.86. The number of para-hydroxylation sites is 1. The number of amides is 1. The molecule has 2 rings (SSSR count). The Kier molecular flexibility index (Phi) is 5.44. The molecule has 1 fully saturated rings. The van der Waals surface area contributed by atoms with E-state index in [1.807, 2.05) is 24.3 Å². The quantitative estimate of drug-likeness (QED) is 0.655. The average Bonchev–Trinajstić information content (AvgIpc) is 3.00. The van der Waals surface area contributed by atoms with Gasteiger partial charge in [-0.15, -0.1) is 0 Å². The fourth-order valence-electron chi connectivity index (χ4n) is 2.89. The monoisotopic (exact) mass is 311 g/mol. The third kappa shape index (κ3) is 4.59. The minimum absolute atomic E-state index is 0.0175. The summed E-state index contributed by atoms with van der Waals surface area (Å²) in [6.07, 6.45) is 5.81. The van der Waals surface area contributed by atoms with Crippen molar-refractivity contribution in [2.24, 2.45) is 0 Å². The van der Waals surface area contributed by atoms with E-state index in [-0.39, 0.29) is 22.9 Å². The second-order valence-electron chi connectivity index (χ2n) is 7.06. The summed E-state index contributed by atoms with van der Waals surface area (Å²) in [5, 5.41) is 15.3. The fourth-order valence-corrected chi connectivity index (χ4v) is 2.89. The van der Waals surface area contributed by atoms with Crippen LogP contribution in [0, 0.1) is 11.3 Å². The third-order valence-electron chi connectivity index (χ3n) is 4.16. The molecule has 0 aromatic heterocycles. The van der Waals surface area contributed by atoms with Crippen LogP contribution < -0.4 is 10.6 Å². The maximum Gasteiger partial charge on any atom is 0.263 e. The van der Waals surface area contributed by atoms with Crippen LogP contribution in [0.3, 0.4) is 0 Å². The standard InChI is InChI=1S/C19H25N3O/c1-19(2,3)16-10-6-7-11-17(16)21-13-14(12-20)18(23)22-15-8-4-5-9-15/h6-7,10-11,13,15,21H,4-5,8-9H2,1-3H3,(H,22,23)/b14-13-. The van der Waals surface area contributed by atoms with Gasteiger partial charge in [0.05, 0.1) is 0 Å². The molecule has 0 unspecified atom stereocenters. The number of hydrogen-bond donors (Lipinski definition) is 2. The summed E-state index contributed by atoms with van der Waals surface area (Å²) in [7, 11) is 0. The molecule has 0 heterocycles. The zero-order valence-electron chi connectivity index (χ0n) is 14.1. The molecule has 0 saturated heterocycles. The van der Waals surface area contributed by atoms with Gasteiger partial charge in [0.1, 0.15) is 11.6 Å². The highest BCUT2D eigenvalue weighted by Gasteiger charge is 2.20. The summed E-state index contributed by atoms with van der Waals surface area (Å²) in [5.41, 5.74) is 2.16. The summed E-state index contributed by atoms with van der Waals surface area (Å²) in [6.45, 7) is 6.40. The van der Waals surface area contributed by atoms with E-state index in [4.69, 9.17) is 0 Å². The van der Waals surface area contributed by atoms with Crippen molar-refractivity contribution in [2.45, 2.75) is 57.9 Å². The Hall–Kier alpha value is -2.28. The molecule has 122 valence electrons. The number of carbonyl (C=O) groups is 1. The lowest BCUT2D eigenvalue weighted by atomic mass is 9.86. The van der Waals surface area contributed by atoms with Crippen molar-refractivity contribution in [1.82, 2.24) is 5.32 Å². The fraction of sp³-hybridized carbons (Fsp3) is 0.474. The first-order valence-corrected chi connectivity index (χ1v) is 8.19. The number of nitrogens with zero attached hydrogens (tertiary/aromatic N) is 1. The van der Waals surface area contributed by atoms with Gasteiger partial charge in [0.2, 0.25) is 0 Å². The summed E-state index contributed by atoms with van der Waals surface area (Å²) >= 11 is 0. The van der Waals surface area contributed by atoms with E-state index in [0.717, 1.165) is 36.9 Å². The van der Waals surface area contributed by atoms with E-state index in [9.17, 15) is 10.1 Å². The van der Waals surface area contributed by atoms with Crippen LogP contribution in [0.5, 0.6) is 0 Å². The number of benzene rings is 1. The van der Waals surface area contributed by atoms with E-state index >= 15 is 0 Å². The van der Waals surface area contributed by atoms with Gasteiger partial charge in [0.25, 0.3) is 5.91 Å². The van der Waals surface area contributed by atoms with E-state index in [1.165, 1.54) is 6.20 Å². The predicted molar refractivity (Wildman–Crippen MR) is 92.9 cm³/mol. The van der Waals surface area contributed by atoms with Crippen LogP contribution in [0.4, 0.5) is 5.69 Å². The van der Waals surface area contributed by atoms with Gasteiger partial charge in [-0.25, -0.2) is 0 Å². The Labute approximate surface area is 138 Å². The van der Waals surface area contributed by atoms with Crippen LogP contribution in [0.25, 0.3) is 0 Å². The molecule has 1 aliphatic rings. The molecule has 1 aromatic carbocycles. The van der Waals surface area contributed by atoms with Gasteiger partial charge in [0, 0.05) is 17.9 Å². The van der Waals surface area contributed by atoms with Gasteiger partial charge < -0.3 is 10.6 Å². The lowest BCUT2D eigenvalue weighted by Gasteiger charge is -2.22. The third-order valence-corrected chi connectivity index (χ3v) is 4.16. The number of nitrogens with one attached hydrogen (secondary N) is 2. The molecule has 1 aromatic rings. The number of nitriles is 1. The first kappa shape index (κ1) is 17.1. The molecule has 0 aliphatic heterocycles. The van der Waals surface area contributed by atoms with Crippen molar-refractivity contribution < 1.29 is 4.79 Å². The second kappa shape index (κ2) is 7.32. The molecule has 0 atom stereocenters. The highest BCUT2D eigenvalue weighted by molar-refractivity contribution is 5.97. The molecular weight excluding hydrogens is 286 g/mol. The number of carbonyl (C=O) groups excluding carboxylic acids is 1. The van der Waals surface area contributed by atoms with Crippen LogP contribution in [0.1, 0.15) is 52.0 Å². The average molecular weight is 311 g/mol. The Balaban J connectivity index is 2.11. The van der Waals surface area contributed by atoms with Gasteiger partial charge in [0.15, 0.2) is 0 Å². The molecule has 0 radical (unpaired) electrons. The van der Waals surface area contributed by atoms with Crippen LogP contribution in [0.2, 0.25) is 0 Å². The topological polar surface area (TPSA) is 64.9 Å². The molecule has 0 bridgehead atoms. The Morgan fingerprint density at radius 1 is 1.26 bits per heavy atom. The molecule has 2 N–H and O–H groups in total. The second-order valence-corrected chi connectivity index (χ2v) is 7.06. The molecule has 1 aliphatic carbocycles. The normalized spacial score (nSPS) is 16.0. The Morgan fingerprint density at radius 3 is 2.52 bits per heavy atom. The summed E-state index contributed by atoms with van der Waals surface area (Å²) in [4.78, 5) is 12.2. The van der Waals surface area contributed by atoms with Gasteiger partial charge in [-0.2, -0.15) is 5.26 Å². The summed E-state index contributed by atoms with van der Waals surface area (Å²) in [5.74, 6) is -0.292. The van der Waals surface area contributed by atoms with Gasteiger partial charge >= 0.3 is 0 Å². The lowest BCUT2D eigenvalue weighted by Crippen LogP contribution is -2.33. The van der Waals surface area contributed by atoms with Crippen LogP contribution >= 0.6 is 0 Å². The SMILES string of the molecule is CC(C)(C)c1ccccc1N/C=C(/C#N)C(=O)NC1CCCC1. The highest BCUT2D eigenvalue weighted by atomic mass is 16.1.